The fraction of sp³-hybridized carbons (Fsp3) is 0.267. The minimum atomic E-state index is -0.513. The van der Waals surface area contributed by atoms with Crippen molar-refractivity contribution >= 4 is 11.6 Å². The molecule has 0 spiro atoms. The third-order valence-electron chi connectivity index (χ3n) is 2.92. The minimum absolute atomic E-state index is 0.0865. The number of aromatic nitrogens is 1. The van der Waals surface area contributed by atoms with Crippen LogP contribution in [0.25, 0.3) is 0 Å². The Kier molecular flexibility index (Phi) is 4.02. The molecular formula is C15H18N2O2. The summed E-state index contributed by atoms with van der Waals surface area (Å²) in [7, 11) is 0. The Labute approximate surface area is 112 Å². The van der Waals surface area contributed by atoms with Crippen LogP contribution in [-0.2, 0) is 11.3 Å². The van der Waals surface area contributed by atoms with E-state index in [2.05, 4.69) is 5.32 Å². The van der Waals surface area contributed by atoms with Gasteiger partial charge in [0.25, 0.3) is 0 Å². The number of rotatable bonds is 4. The van der Waals surface area contributed by atoms with Crippen LogP contribution in [0.3, 0.4) is 0 Å². The lowest BCUT2D eigenvalue weighted by molar-refractivity contribution is -0.116. The number of nitrogens with one attached hydrogen (secondary N) is 1. The zero-order chi connectivity index (χ0) is 13.8. The Balaban J connectivity index is 1.95. The summed E-state index contributed by atoms with van der Waals surface area (Å²) in [6.07, 6.45) is 3.05. The highest BCUT2D eigenvalue weighted by Gasteiger charge is 2.06. The van der Waals surface area contributed by atoms with Crippen LogP contribution in [0.15, 0.2) is 42.7 Å². The van der Waals surface area contributed by atoms with E-state index in [-0.39, 0.29) is 12.5 Å². The number of aliphatic hydroxyl groups is 1. The number of aryl methyl sites for hydroxylation is 1. The quantitative estimate of drug-likeness (QED) is 0.885. The van der Waals surface area contributed by atoms with Crippen molar-refractivity contribution in [3.63, 3.8) is 0 Å². The zero-order valence-electron chi connectivity index (χ0n) is 11.1. The van der Waals surface area contributed by atoms with Gasteiger partial charge in [0.05, 0.1) is 6.10 Å². The second kappa shape index (κ2) is 5.71. The topological polar surface area (TPSA) is 54.3 Å². The predicted octanol–water partition coefficient (Wildman–Crippen LogP) is 2.49. The van der Waals surface area contributed by atoms with E-state index >= 15 is 0 Å². The van der Waals surface area contributed by atoms with E-state index in [1.54, 1.807) is 23.9 Å². The number of amides is 1. The molecule has 2 N–H and O–H groups in total. The SMILES string of the molecule is Cc1ccc(NC(=O)Cn2ccc(C(C)O)c2)cc1. The maximum Gasteiger partial charge on any atom is 0.244 e. The number of carbonyl (C=O) groups is 1. The molecule has 0 aliphatic rings. The van der Waals surface area contributed by atoms with Crippen molar-refractivity contribution in [1.29, 1.82) is 0 Å². The van der Waals surface area contributed by atoms with Crippen molar-refractivity contribution in [2.45, 2.75) is 26.5 Å². The second-order valence-electron chi connectivity index (χ2n) is 4.71. The first-order valence-corrected chi connectivity index (χ1v) is 6.25. The molecule has 0 aliphatic heterocycles. The summed E-state index contributed by atoms with van der Waals surface area (Å²) in [5, 5.41) is 12.3. The summed E-state index contributed by atoms with van der Waals surface area (Å²) in [6.45, 7) is 3.94. The Hall–Kier alpha value is -2.07. The van der Waals surface area contributed by atoms with Gasteiger partial charge in [0, 0.05) is 18.1 Å². The highest BCUT2D eigenvalue weighted by Crippen LogP contribution is 2.12. The van der Waals surface area contributed by atoms with Gasteiger partial charge in [0.1, 0.15) is 6.54 Å². The van der Waals surface area contributed by atoms with Crippen LogP contribution in [0.2, 0.25) is 0 Å². The van der Waals surface area contributed by atoms with Gasteiger partial charge in [-0.15, -0.1) is 0 Å². The molecule has 0 fully saturated rings. The summed E-state index contributed by atoms with van der Waals surface area (Å²) < 4.78 is 1.76. The predicted molar refractivity (Wildman–Crippen MR) is 74.9 cm³/mol. The van der Waals surface area contributed by atoms with Crippen molar-refractivity contribution in [2.75, 3.05) is 5.32 Å². The van der Waals surface area contributed by atoms with E-state index in [1.807, 2.05) is 37.3 Å². The fourth-order valence-electron chi connectivity index (χ4n) is 1.81. The number of hydrogen-bond donors (Lipinski definition) is 2. The smallest absolute Gasteiger partial charge is 0.244 e. The van der Waals surface area contributed by atoms with Gasteiger partial charge in [-0.3, -0.25) is 4.79 Å². The largest absolute Gasteiger partial charge is 0.389 e. The van der Waals surface area contributed by atoms with Gasteiger partial charge in [-0.05, 0) is 37.6 Å². The van der Waals surface area contributed by atoms with Crippen molar-refractivity contribution in [3.05, 3.63) is 53.9 Å². The molecular weight excluding hydrogens is 240 g/mol. The van der Waals surface area contributed by atoms with Gasteiger partial charge in [-0.2, -0.15) is 0 Å². The number of anilines is 1. The zero-order valence-corrected chi connectivity index (χ0v) is 11.1. The maximum atomic E-state index is 11.9. The Morgan fingerprint density at radius 3 is 2.58 bits per heavy atom. The standard InChI is InChI=1S/C15H18N2O2/c1-11-3-5-14(6-4-11)16-15(19)10-17-8-7-13(9-17)12(2)18/h3-9,12,18H,10H2,1-2H3,(H,16,19). The summed E-state index contributed by atoms with van der Waals surface area (Å²) in [6, 6.07) is 9.48. The van der Waals surface area contributed by atoms with Crippen molar-refractivity contribution < 1.29 is 9.90 Å². The highest BCUT2D eigenvalue weighted by molar-refractivity contribution is 5.90. The van der Waals surface area contributed by atoms with Crippen LogP contribution in [0.4, 0.5) is 5.69 Å². The molecule has 1 heterocycles. The van der Waals surface area contributed by atoms with Crippen LogP contribution in [0.1, 0.15) is 24.2 Å². The number of aliphatic hydroxyl groups excluding tert-OH is 1. The first-order chi connectivity index (χ1) is 9.04. The summed E-state index contributed by atoms with van der Waals surface area (Å²) in [5.41, 5.74) is 2.76. The van der Waals surface area contributed by atoms with Gasteiger partial charge in [-0.1, -0.05) is 17.7 Å². The molecule has 19 heavy (non-hydrogen) atoms. The molecule has 4 nitrogen and oxygen atoms in total. The Bertz CT molecular complexity index is 556. The molecule has 0 radical (unpaired) electrons. The van der Waals surface area contributed by atoms with Crippen LogP contribution in [0, 0.1) is 6.92 Å². The molecule has 2 rings (SSSR count). The van der Waals surface area contributed by atoms with Gasteiger partial charge in [-0.25, -0.2) is 0 Å². The van der Waals surface area contributed by atoms with E-state index in [0.717, 1.165) is 16.8 Å². The normalized spacial score (nSPS) is 12.2. The van der Waals surface area contributed by atoms with E-state index in [0.29, 0.717) is 0 Å². The lowest BCUT2D eigenvalue weighted by Gasteiger charge is -2.06. The maximum absolute atomic E-state index is 11.9. The summed E-state index contributed by atoms with van der Waals surface area (Å²) in [5.74, 6) is -0.0865. The van der Waals surface area contributed by atoms with Gasteiger partial charge < -0.3 is 15.0 Å². The molecule has 0 aliphatic carbocycles. The molecule has 2 aromatic rings. The number of hydrogen-bond acceptors (Lipinski definition) is 2. The van der Waals surface area contributed by atoms with Crippen LogP contribution < -0.4 is 5.32 Å². The van der Waals surface area contributed by atoms with Crippen molar-refractivity contribution in [3.8, 4) is 0 Å². The average molecular weight is 258 g/mol. The molecule has 1 amide bonds. The summed E-state index contributed by atoms with van der Waals surface area (Å²) in [4.78, 5) is 11.9. The molecule has 1 unspecified atom stereocenters. The molecule has 1 aromatic carbocycles. The molecule has 0 bridgehead atoms. The van der Waals surface area contributed by atoms with Gasteiger partial charge in [0.15, 0.2) is 0 Å². The van der Waals surface area contributed by atoms with Crippen LogP contribution in [-0.4, -0.2) is 15.6 Å². The van der Waals surface area contributed by atoms with Gasteiger partial charge in [0.2, 0.25) is 5.91 Å². The number of nitrogens with zero attached hydrogens (tertiary/aromatic N) is 1. The fourth-order valence-corrected chi connectivity index (χ4v) is 1.81. The molecule has 100 valence electrons. The first-order valence-electron chi connectivity index (χ1n) is 6.25. The van der Waals surface area contributed by atoms with Crippen molar-refractivity contribution in [1.82, 2.24) is 4.57 Å². The van der Waals surface area contributed by atoms with E-state index < -0.39 is 6.10 Å². The Morgan fingerprint density at radius 2 is 2.00 bits per heavy atom. The van der Waals surface area contributed by atoms with Crippen LogP contribution in [0.5, 0.6) is 0 Å². The average Bonchev–Trinajstić information content (AvgIpc) is 2.80. The number of carbonyl (C=O) groups excluding carboxylic acids is 1. The lowest BCUT2D eigenvalue weighted by atomic mass is 10.2. The molecule has 0 saturated heterocycles. The van der Waals surface area contributed by atoms with Crippen LogP contribution >= 0.6 is 0 Å². The van der Waals surface area contributed by atoms with Gasteiger partial charge >= 0.3 is 0 Å². The Morgan fingerprint density at radius 1 is 1.32 bits per heavy atom. The summed E-state index contributed by atoms with van der Waals surface area (Å²) >= 11 is 0. The van der Waals surface area contributed by atoms with E-state index in [4.69, 9.17) is 0 Å². The third-order valence-corrected chi connectivity index (χ3v) is 2.92. The number of benzene rings is 1. The first kappa shape index (κ1) is 13.4. The minimum Gasteiger partial charge on any atom is -0.389 e. The highest BCUT2D eigenvalue weighted by atomic mass is 16.3. The monoisotopic (exact) mass is 258 g/mol. The molecule has 1 aromatic heterocycles. The molecule has 0 saturated carbocycles. The van der Waals surface area contributed by atoms with Crippen molar-refractivity contribution in [2.24, 2.45) is 0 Å². The molecule has 4 heteroatoms. The second-order valence-corrected chi connectivity index (χ2v) is 4.71. The van der Waals surface area contributed by atoms with E-state index in [9.17, 15) is 9.90 Å². The third kappa shape index (κ3) is 3.69. The molecule has 1 atom stereocenters. The van der Waals surface area contributed by atoms with E-state index in [1.165, 1.54) is 0 Å². The lowest BCUT2D eigenvalue weighted by Crippen LogP contribution is -2.17.